The van der Waals surface area contributed by atoms with E-state index in [1.807, 2.05) is 0 Å². The topological polar surface area (TPSA) is 81.7 Å². The lowest BCUT2D eigenvalue weighted by atomic mass is 9.92. The number of hydrogen-bond acceptors (Lipinski definition) is 6. The minimum Gasteiger partial charge on any atom is -0.460 e. The molecule has 5 rings (SSSR count). The number of hydrogen-bond donors (Lipinski definition) is 1. The van der Waals surface area contributed by atoms with Crippen molar-refractivity contribution in [1.82, 2.24) is 9.80 Å². The van der Waals surface area contributed by atoms with Gasteiger partial charge in [-0.1, -0.05) is 0 Å². The number of anilines is 1. The number of nitriles is 1. The Morgan fingerprint density at radius 1 is 0.953 bits per heavy atom. The van der Waals surface area contributed by atoms with Gasteiger partial charge in [-0.25, -0.2) is 0 Å². The standard InChI is InChI=1S/C30H30F6N4O3/c31-29(32,33)21-2-8-27-20(13-21)14-25(43-27)17-39-9-11-40(12-10-39)28(41)18-42-24-6-4-22(5-7-24)38-23-3-1-19(16-37)26(15-23)30(34,35)36/h1-3,8,13-15,22,24,38H,4-7,9-12,17-18H2/t22-,24-. The van der Waals surface area contributed by atoms with Crippen LogP contribution in [0.3, 0.4) is 0 Å². The molecule has 0 bridgehead atoms. The Bertz CT molecular complexity index is 1480. The lowest BCUT2D eigenvalue weighted by Gasteiger charge is -2.35. The summed E-state index contributed by atoms with van der Waals surface area (Å²) in [4.78, 5) is 16.6. The highest BCUT2D eigenvalue weighted by Gasteiger charge is 2.34. The van der Waals surface area contributed by atoms with E-state index < -0.39 is 29.0 Å². The van der Waals surface area contributed by atoms with Crippen molar-refractivity contribution in [3.8, 4) is 6.07 Å². The first-order chi connectivity index (χ1) is 20.4. The molecular weight excluding hydrogens is 578 g/mol. The fourth-order valence-corrected chi connectivity index (χ4v) is 5.58. The van der Waals surface area contributed by atoms with E-state index in [0.29, 0.717) is 80.8 Å². The molecule has 0 radical (unpaired) electrons. The van der Waals surface area contributed by atoms with Crippen LogP contribution in [0.15, 0.2) is 46.9 Å². The normalized spacial score (nSPS) is 20.3. The molecule has 1 aliphatic heterocycles. The molecule has 2 aliphatic rings. The maximum absolute atomic E-state index is 13.3. The van der Waals surface area contributed by atoms with Gasteiger partial charge in [0.15, 0.2) is 0 Å². The van der Waals surface area contributed by atoms with E-state index in [4.69, 9.17) is 14.4 Å². The number of rotatable bonds is 7. The fourth-order valence-electron chi connectivity index (χ4n) is 5.58. The number of ether oxygens (including phenoxy) is 1. The lowest BCUT2D eigenvalue weighted by Crippen LogP contribution is -2.49. The Morgan fingerprint density at radius 3 is 2.33 bits per heavy atom. The third kappa shape index (κ3) is 7.61. The van der Waals surface area contributed by atoms with Crippen molar-refractivity contribution in [2.75, 3.05) is 38.1 Å². The molecule has 2 heterocycles. The zero-order chi connectivity index (χ0) is 30.8. The molecular formula is C30H30F6N4O3. The molecule has 7 nitrogen and oxygen atoms in total. The zero-order valence-electron chi connectivity index (χ0n) is 23.1. The highest BCUT2D eigenvalue weighted by Crippen LogP contribution is 2.35. The van der Waals surface area contributed by atoms with Crippen LogP contribution in [-0.4, -0.2) is 60.6 Å². The predicted octanol–water partition coefficient (Wildman–Crippen LogP) is 6.43. The Kier molecular flexibility index (Phi) is 8.89. The third-order valence-corrected chi connectivity index (χ3v) is 7.93. The number of nitrogens with one attached hydrogen (secondary N) is 1. The van der Waals surface area contributed by atoms with Crippen LogP contribution >= 0.6 is 0 Å². The summed E-state index contributed by atoms with van der Waals surface area (Å²) >= 11 is 0. The van der Waals surface area contributed by atoms with Crippen LogP contribution in [0.1, 0.15) is 48.1 Å². The summed E-state index contributed by atoms with van der Waals surface area (Å²) in [5, 5.41) is 12.5. The second-order valence-corrected chi connectivity index (χ2v) is 10.9. The first kappa shape index (κ1) is 30.7. The van der Waals surface area contributed by atoms with Gasteiger partial charge in [0.1, 0.15) is 18.0 Å². The van der Waals surface area contributed by atoms with Crippen molar-refractivity contribution >= 4 is 22.6 Å². The summed E-state index contributed by atoms with van der Waals surface area (Å²) in [7, 11) is 0. The highest BCUT2D eigenvalue weighted by atomic mass is 19.4. The summed E-state index contributed by atoms with van der Waals surface area (Å²) in [6, 6.07) is 10.1. The van der Waals surface area contributed by atoms with E-state index in [0.717, 1.165) is 18.2 Å². The van der Waals surface area contributed by atoms with Crippen LogP contribution in [0.2, 0.25) is 0 Å². The van der Waals surface area contributed by atoms with Crippen LogP contribution in [0, 0.1) is 11.3 Å². The average molecular weight is 609 g/mol. The number of halogens is 6. The second-order valence-electron chi connectivity index (χ2n) is 10.9. The second kappa shape index (κ2) is 12.5. The molecule has 230 valence electrons. The molecule has 1 amide bonds. The average Bonchev–Trinajstić information content (AvgIpc) is 3.38. The van der Waals surface area contributed by atoms with E-state index >= 15 is 0 Å². The van der Waals surface area contributed by atoms with Gasteiger partial charge in [0.25, 0.3) is 0 Å². The number of nitrogens with zero attached hydrogens (tertiary/aromatic N) is 3. The van der Waals surface area contributed by atoms with Gasteiger partial charge >= 0.3 is 12.4 Å². The van der Waals surface area contributed by atoms with Crippen molar-refractivity contribution in [1.29, 1.82) is 5.26 Å². The van der Waals surface area contributed by atoms with Crippen LogP contribution in [-0.2, 0) is 28.4 Å². The van der Waals surface area contributed by atoms with Crippen molar-refractivity contribution < 1.29 is 40.3 Å². The Labute approximate surface area is 244 Å². The number of piperazine rings is 1. The smallest absolute Gasteiger partial charge is 0.417 e. The van der Waals surface area contributed by atoms with Crippen molar-refractivity contribution in [3.05, 3.63) is 64.9 Å². The van der Waals surface area contributed by atoms with Gasteiger partial charge in [0.2, 0.25) is 5.91 Å². The minimum atomic E-state index is -4.62. The predicted molar refractivity (Wildman–Crippen MR) is 145 cm³/mol. The van der Waals surface area contributed by atoms with Crippen molar-refractivity contribution in [2.45, 2.75) is 56.7 Å². The molecule has 3 aromatic rings. The molecule has 1 saturated heterocycles. The molecule has 0 spiro atoms. The number of furan rings is 1. The monoisotopic (exact) mass is 608 g/mol. The van der Waals surface area contributed by atoms with Gasteiger partial charge in [0.05, 0.1) is 35.4 Å². The number of benzene rings is 2. The van der Waals surface area contributed by atoms with Crippen LogP contribution in [0.5, 0.6) is 0 Å². The first-order valence-corrected chi connectivity index (χ1v) is 14.0. The zero-order valence-corrected chi connectivity index (χ0v) is 23.1. The molecule has 0 atom stereocenters. The molecule has 43 heavy (non-hydrogen) atoms. The number of fused-ring (bicyclic) bond motifs is 1. The van der Waals surface area contributed by atoms with E-state index in [-0.39, 0.29) is 24.7 Å². The molecule has 2 fully saturated rings. The number of alkyl halides is 6. The largest absolute Gasteiger partial charge is 0.460 e. The highest BCUT2D eigenvalue weighted by molar-refractivity contribution is 5.79. The summed E-state index contributed by atoms with van der Waals surface area (Å²) < 4.78 is 90.3. The molecule has 0 unspecified atom stereocenters. The summed E-state index contributed by atoms with van der Waals surface area (Å²) in [5.41, 5.74) is -1.41. The van der Waals surface area contributed by atoms with Gasteiger partial charge < -0.3 is 19.4 Å². The minimum absolute atomic E-state index is 0.0453. The SMILES string of the molecule is N#Cc1ccc(N[C@H]2CC[C@H](OCC(=O)N3CCN(Cc4cc5cc(C(F)(F)F)ccc5o4)CC3)CC2)cc1C(F)(F)F. The molecule has 1 aromatic heterocycles. The fraction of sp³-hybridized carbons (Fsp3) is 0.467. The van der Waals surface area contributed by atoms with Gasteiger partial charge in [-0.05, 0) is 68.1 Å². The Balaban J connectivity index is 1.03. The summed E-state index contributed by atoms with van der Waals surface area (Å²) in [6.45, 7) is 2.51. The van der Waals surface area contributed by atoms with Gasteiger partial charge in [-0.3, -0.25) is 9.69 Å². The van der Waals surface area contributed by atoms with Crippen molar-refractivity contribution in [3.63, 3.8) is 0 Å². The van der Waals surface area contributed by atoms with Gasteiger partial charge in [0, 0.05) is 43.3 Å². The summed E-state index contributed by atoms with van der Waals surface area (Å²) in [6.07, 6.45) is -6.52. The third-order valence-electron chi connectivity index (χ3n) is 7.93. The summed E-state index contributed by atoms with van der Waals surface area (Å²) in [5.74, 6) is 0.433. The van der Waals surface area contributed by atoms with E-state index in [2.05, 4.69) is 10.2 Å². The molecule has 13 heteroatoms. The first-order valence-electron chi connectivity index (χ1n) is 14.0. The maximum Gasteiger partial charge on any atom is 0.417 e. The number of carbonyl (C=O) groups excluding carboxylic acids is 1. The molecule has 1 N–H and O–H groups in total. The molecule has 1 aliphatic carbocycles. The van der Waals surface area contributed by atoms with Gasteiger partial charge in [-0.2, -0.15) is 31.6 Å². The lowest BCUT2D eigenvalue weighted by molar-refractivity contribution is -0.141. The maximum atomic E-state index is 13.3. The molecule has 2 aromatic carbocycles. The van der Waals surface area contributed by atoms with Crippen molar-refractivity contribution in [2.24, 2.45) is 0 Å². The van der Waals surface area contributed by atoms with Crippen LogP contribution in [0.25, 0.3) is 11.0 Å². The van der Waals surface area contributed by atoms with Crippen LogP contribution in [0.4, 0.5) is 32.0 Å². The van der Waals surface area contributed by atoms with E-state index in [1.165, 1.54) is 18.2 Å². The van der Waals surface area contributed by atoms with Gasteiger partial charge in [-0.15, -0.1) is 0 Å². The number of carbonyl (C=O) groups is 1. The van der Waals surface area contributed by atoms with E-state index in [9.17, 15) is 31.1 Å². The number of amides is 1. The Hall–Kier alpha value is -3.76. The quantitative estimate of drug-likeness (QED) is 0.312. The molecule has 1 saturated carbocycles. The van der Waals surface area contributed by atoms with Crippen LogP contribution < -0.4 is 5.32 Å². The Morgan fingerprint density at radius 2 is 1.67 bits per heavy atom. The van der Waals surface area contributed by atoms with E-state index in [1.54, 1.807) is 17.0 Å².